The van der Waals surface area contributed by atoms with Gasteiger partial charge >= 0.3 is 0 Å². The fourth-order valence-corrected chi connectivity index (χ4v) is 4.28. The van der Waals surface area contributed by atoms with E-state index in [4.69, 9.17) is 19.0 Å². The molecule has 0 saturated carbocycles. The van der Waals surface area contributed by atoms with Crippen LogP contribution in [0.3, 0.4) is 0 Å². The lowest BCUT2D eigenvalue weighted by atomic mass is 9.93. The van der Waals surface area contributed by atoms with Crippen molar-refractivity contribution in [2.45, 2.75) is 39.3 Å². The van der Waals surface area contributed by atoms with E-state index >= 15 is 0 Å². The van der Waals surface area contributed by atoms with E-state index in [0.717, 1.165) is 42.0 Å². The number of carbonyl (C=O) groups is 1. The summed E-state index contributed by atoms with van der Waals surface area (Å²) in [5.74, 6) is 0.984. The number of rotatable bonds is 5. The van der Waals surface area contributed by atoms with Gasteiger partial charge in [-0.25, -0.2) is 0 Å². The molecule has 31 heavy (non-hydrogen) atoms. The highest BCUT2D eigenvalue weighted by Gasteiger charge is 2.30. The molecule has 7 heteroatoms. The van der Waals surface area contributed by atoms with Crippen LogP contribution >= 0.6 is 0 Å². The number of hydrogen-bond donors (Lipinski definition) is 1. The van der Waals surface area contributed by atoms with Gasteiger partial charge in [-0.15, -0.1) is 0 Å². The van der Waals surface area contributed by atoms with Crippen molar-refractivity contribution in [1.82, 2.24) is 15.1 Å². The Morgan fingerprint density at radius 2 is 2.03 bits per heavy atom. The Balaban J connectivity index is 1.35. The van der Waals surface area contributed by atoms with Gasteiger partial charge in [-0.2, -0.15) is 5.10 Å². The summed E-state index contributed by atoms with van der Waals surface area (Å²) in [5.41, 5.74) is 6.39. The third-order valence-corrected chi connectivity index (χ3v) is 5.96. The summed E-state index contributed by atoms with van der Waals surface area (Å²) >= 11 is 0. The molecule has 1 N–H and O–H groups in total. The van der Waals surface area contributed by atoms with Crippen molar-refractivity contribution in [3.8, 4) is 11.3 Å². The number of fused-ring (bicyclic) bond motifs is 3. The Kier molecular flexibility index (Phi) is 5.38. The number of nitrogens with zero attached hydrogens (tertiary/aromatic N) is 2. The first-order valence-corrected chi connectivity index (χ1v) is 10.8. The van der Waals surface area contributed by atoms with E-state index in [0.29, 0.717) is 32.1 Å². The highest BCUT2D eigenvalue weighted by molar-refractivity contribution is 5.95. The number of ether oxygens (including phenoxy) is 2. The summed E-state index contributed by atoms with van der Waals surface area (Å²) in [6, 6.07) is 8.50. The highest BCUT2D eigenvalue weighted by atomic mass is 16.6. The summed E-state index contributed by atoms with van der Waals surface area (Å²) in [6.45, 7) is 6.80. The van der Waals surface area contributed by atoms with Crippen LogP contribution in [0.25, 0.3) is 11.3 Å². The molecule has 162 valence electrons. The van der Waals surface area contributed by atoms with E-state index < -0.39 is 0 Å². The van der Waals surface area contributed by atoms with Gasteiger partial charge in [-0.05, 0) is 31.4 Å². The minimum absolute atomic E-state index is 0.119. The molecule has 0 bridgehead atoms. The molecule has 1 saturated heterocycles. The van der Waals surface area contributed by atoms with E-state index in [1.54, 1.807) is 0 Å². The van der Waals surface area contributed by atoms with Crippen molar-refractivity contribution in [3.63, 3.8) is 0 Å². The number of hydrogen-bond acceptors (Lipinski definition) is 5. The van der Waals surface area contributed by atoms with Crippen LogP contribution in [-0.4, -0.2) is 48.2 Å². The first-order chi connectivity index (χ1) is 15.1. The van der Waals surface area contributed by atoms with Gasteiger partial charge in [0.2, 0.25) is 0 Å². The van der Waals surface area contributed by atoms with E-state index in [1.807, 2.05) is 11.6 Å². The largest absolute Gasteiger partial charge is 0.455 e. The topological polar surface area (TPSA) is 78.5 Å². The summed E-state index contributed by atoms with van der Waals surface area (Å²) in [7, 11) is 0. The van der Waals surface area contributed by atoms with Gasteiger partial charge in [0.05, 0.1) is 38.2 Å². The van der Waals surface area contributed by atoms with Gasteiger partial charge < -0.3 is 19.2 Å². The molecule has 5 rings (SSSR count). The van der Waals surface area contributed by atoms with E-state index in [9.17, 15) is 4.79 Å². The molecule has 1 aliphatic carbocycles. The van der Waals surface area contributed by atoms with Crippen molar-refractivity contribution in [1.29, 1.82) is 0 Å². The molecular weight excluding hydrogens is 394 g/mol. The molecule has 1 fully saturated rings. The van der Waals surface area contributed by atoms with Crippen LogP contribution in [0.15, 0.2) is 34.9 Å². The van der Waals surface area contributed by atoms with Gasteiger partial charge in [-0.1, -0.05) is 29.8 Å². The van der Waals surface area contributed by atoms with Crippen molar-refractivity contribution < 1.29 is 18.7 Å². The number of amides is 1. The number of carbonyl (C=O) groups excluding carboxylic acids is 1. The number of aryl methyl sites for hydroxylation is 3. The first kappa shape index (κ1) is 20.0. The van der Waals surface area contributed by atoms with Crippen LogP contribution in [0.5, 0.6) is 0 Å². The Hall–Kier alpha value is -2.90. The Morgan fingerprint density at radius 1 is 1.19 bits per heavy atom. The van der Waals surface area contributed by atoms with Crippen LogP contribution in [0.2, 0.25) is 0 Å². The minimum atomic E-state index is -0.221. The molecule has 0 radical (unpaired) electrons. The summed E-state index contributed by atoms with van der Waals surface area (Å²) in [5, 5.41) is 7.77. The van der Waals surface area contributed by atoms with Crippen LogP contribution < -0.4 is 5.32 Å². The molecule has 0 spiro atoms. The van der Waals surface area contributed by atoms with E-state index in [-0.39, 0.29) is 12.0 Å². The number of nitrogens with one attached hydrogen (secondary N) is 1. The fourth-order valence-electron chi connectivity index (χ4n) is 4.28. The van der Waals surface area contributed by atoms with Crippen molar-refractivity contribution in [2.24, 2.45) is 0 Å². The molecular formula is C24H27N3O4. The smallest absolute Gasteiger partial charge is 0.287 e. The molecule has 1 amide bonds. The zero-order valence-electron chi connectivity index (χ0n) is 17.9. The normalized spacial score (nSPS) is 17.8. The van der Waals surface area contributed by atoms with Gasteiger partial charge in [-0.3, -0.25) is 9.48 Å². The van der Waals surface area contributed by atoms with Crippen molar-refractivity contribution in [3.05, 3.63) is 64.2 Å². The second-order valence-corrected chi connectivity index (χ2v) is 8.32. The van der Waals surface area contributed by atoms with Gasteiger partial charge in [0.25, 0.3) is 5.91 Å². The number of benzene rings is 1. The maximum Gasteiger partial charge on any atom is 0.287 e. The standard InChI is InChI=1S/C24H27N3O4/c1-15-3-5-17(6-4-15)12-27-13-18-7-8-20-21(22(18)26-27)16(2)23(31-20)24(28)25-11-19-14-29-9-10-30-19/h3-6,13,19H,7-12,14H2,1-2H3,(H,25,28)/t19-/m1/s1. The molecule has 2 aliphatic rings. The van der Waals surface area contributed by atoms with Crippen LogP contribution in [0.1, 0.15) is 38.6 Å². The summed E-state index contributed by atoms with van der Waals surface area (Å²) in [6.07, 6.45) is 3.63. The number of furan rings is 1. The minimum Gasteiger partial charge on any atom is -0.455 e. The molecule has 0 unspecified atom stereocenters. The third kappa shape index (κ3) is 4.03. The van der Waals surface area contributed by atoms with Gasteiger partial charge in [0.1, 0.15) is 5.76 Å². The lowest BCUT2D eigenvalue weighted by Gasteiger charge is -2.22. The summed E-state index contributed by atoms with van der Waals surface area (Å²) < 4.78 is 19.0. The van der Waals surface area contributed by atoms with Crippen LogP contribution in [0, 0.1) is 13.8 Å². The average molecular weight is 421 g/mol. The zero-order valence-corrected chi connectivity index (χ0v) is 17.9. The van der Waals surface area contributed by atoms with Crippen LogP contribution in [0.4, 0.5) is 0 Å². The Labute approximate surface area is 181 Å². The third-order valence-electron chi connectivity index (χ3n) is 5.96. The lowest BCUT2D eigenvalue weighted by Crippen LogP contribution is -2.39. The lowest BCUT2D eigenvalue weighted by molar-refractivity contribution is -0.0856. The van der Waals surface area contributed by atoms with Crippen LogP contribution in [-0.2, 0) is 28.9 Å². The summed E-state index contributed by atoms with van der Waals surface area (Å²) in [4.78, 5) is 12.8. The SMILES string of the molecule is Cc1ccc(Cn2cc3c(n2)-c2c(oc(C(=O)NC[C@@H]4COCCO4)c2C)CC3)cc1. The molecule has 3 aromatic rings. The van der Waals surface area contributed by atoms with E-state index in [2.05, 4.69) is 42.7 Å². The Morgan fingerprint density at radius 3 is 2.81 bits per heavy atom. The maximum atomic E-state index is 12.8. The molecule has 2 aromatic heterocycles. The van der Waals surface area contributed by atoms with E-state index in [1.165, 1.54) is 16.7 Å². The monoisotopic (exact) mass is 421 g/mol. The molecule has 1 aliphatic heterocycles. The highest BCUT2D eigenvalue weighted by Crippen LogP contribution is 2.38. The van der Waals surface area contributed by atoms with Crippen molar-refractivity contribution in [2.75, 3.05) is 26.4 Å². The van der Waals surface area contributed by atoms with Gasteiger partial charge in [0, 0.05) is 30.3 Å². The first-order valence-electron chi connectivity index (χ1n) is 10.8. The maximum absolute atomic E-state index is 12.8. The molecule has 1 aromatic carbocycles. The fraction of sp³-hybridized carbons (Fsp3) is 0.417. The second-order valence-electron chi connectivity index (χ2n) is 8.32. The molecule has 1 atom stereocenters. The van der Waals surface area contributed by atoms with Crippen molar-refractivity contribution >= 4 is 5.91 Å². The average Bonchev–Trinajstić information content (AvgIpc) is 3.34. The molecule has 7 nitrogen and oxygen atoms in total. The Bertz CT molecular complexity index is 1090. The second kappa shape index (κ2) is 8.32. The molecule has 3 heterocycles. The van der Waals surface area contributed by atoms with Gasteiger partial charge in [0.15, 0.2) is 5.76 Å². The predicted molar refractivity (Wildman–Crippen MR) is 115 cm³/mol. The zero-order chi connectivity index (χ0) is 21.4. The predicted octanol–water partition coefficient (Wildman–Crippen LogP) is 3.05. The quantitative estimate of drug-likeness (QED) is 0.685. The number of aromatic nitrogens is 2.